The molecule has 2 rings (SSSR count). The van der Waals surface area contributed by atoms with Crippen LogP contribution in [0.3, 0.4) is 0 Å². The van der Waals surface area contributed by atoms with Gasteiger partial charge in [-0.3, -0.25) is 0 Å². The number of hydrogen-bond donors (Lipinski definition) is 1. The van der Waals surface area contributed by atoms with Gasteiger partial charge in [-0.05, 0) is 31.9 Å². The Hall–Kier alpha value is -1.38. The van der Waals surface area contributed by atoms with Gasteiger partial charge >= 0.3 is 0 Å². The molecular formula is C14H18N2O2S. The highest BCUT2D eigenvalue weighted by Crippen LogP contribution is 2.25. The van der Waals surface area contributed by atoms with Crippen molar-refractivity contribution in [1.29, 1.82) is 5.26 Å². The number of aryl methyl sites for hydroxylation is 1. The van der Waals surface area contributed by atoms with Crippen LogP contribution in [0.2, 0.25) is 0 Å². The normalized spacial score (nSPS) is 23.8. The third-order valence-corrected chi connectivity index (χ3v) is 5.08. The summed E-state index contributed by atoms with van der Waals surface area (Å²) in [5, 5.41) is 9.08. The van der Waals surface area contributed by atoms with Crippen molar-refractivity contribution in [3.8, 4) is 6.07 Å². The second-order valence-electron chi connectivity index (χ2n) is 5.06. The van der Waals surface area contributed by atoms with Crippen molar-refractivity contribution in [1.82, 2.24) is 4.72 Å². The summed E-state index contributed by atoms with van der Waals surface area (Å²) < 4.78 is 27.2. The minimum atomic E-state index is -3.52. The monoisotopic (exact) mass is 278 g/mol. The Balaban J connectivity index is 2.17. The summed E-state index contributed by atoms with van der Waals surface area (Å²) >= 11 is 0. The number of hydrogen-bond acceptors (Lipinski definition) is 3. The van der Waals surface area contributed by atoms with Crippen LogP contribution in [0.25, 0.3) is 0 Å². The third-order valence-electron chi connectivity index (χ3n) is 3.57. The molecule has 2 atom stereocenters. The molecule has 0 bridgehead atoms. The molecule has 1 aromatic rings. The first-order chi connectivity index (χ1) is 9.03. The Kier molecular flexibility index (Phi) is 4.23. The van der Waals surface area contributed by atoms with E-state index in [1.165, 1.54) is 0 Å². The molecule has 0 amide bonds. The van der Waals surface area contributed by atoms with Gasteiger partial charge in [0, 0.05) is 6.04 Å². The standard InChI is InChI=1S/C14H18N2O2S/c1-11-6-8-13(9-7-11)19(17,18)16-14-5-3-2-4-12(14)10-15/h6-9,12,14,16H,2-5H2,1H3/t12-,14?/m0/s1. The maximum Gasteiger partial charge on any atom is 0.240 e. The summed E-state index contributed by atoms with van der Waals surface area (Å²) in [6.45, 7) is 1.91. The van der Waals surface area contributed by atoms with E-state index in [0.717, 1.165) is 31.2 Å². The SMILES string of the molecule is Cc1ccc(S(=O)(=O)NC2CCCC[C@H]2C#N)cc1. The molecule has 1 unspecified atom stereocenters. The quantitative estimate of drug-likeness (QED) is 0.922. The zero-order valence-electron chi connectivity index (χ0n) is 11.0. The Labute approximate surface area is 114 Å². The molecule has 1 aliphatic carbocycles. The van der Waals surface area contributed by atoms with Crippen molar-refractivity contribution in [2.24, 2.45) is 5.92 Å². The summed E-state index contributed by atoms with van der Waals surface area (Å²) in [5.41, 5.74) is 1.02. The summed E-state index contributed by atoms with van der Waals surface area (Å²) in [6.07, 6.45) is 3.49. The Morgan fingerprint density at radius 2 is 1.84 bits per heavy atom. The van der Waals surface area contributed by atoms with E-state index >= 15 is 0 Å². The van der Waals surface area contributed by atoms with Crippen LogP contribution in [-0.2, 0) is 10.0 Å². The lowest BCUT2D eigenvalue weighted by Crippen LogP contribution is -2.41. The van der Waals surface area contributed by atoms with Crippen LogP contribution in [0.15, 0.2) is 29.2 Å². The van der Waals surface area contributed by atoms with Crippen LogP contribution in [0, 0.1) is 24.2 Å². The Morgan fingerprint density at radius 1 is 1.21 bits per heavy atom. The first-order valence-corrected chi connectivity index (χ1v) is 8.00. The predicted octanol–water partition coefficient (Wildman–Crippen LogP) is 2.36. The second kappa shape index (κ2) is 5.72. The van der Waals surface area contributed by atoms with Gasteiger partial charge in [0.15, 0.2) is 0 Å². The van der Waals surface area contributed by atoms with E-state index in [2.05, 4.69) is 10.8 Å². The van der Waals surface area contributed by atoms with Crippen molar-refractivity contribution < 1.29 is 8.42 Å². The average molecular weight is 278 g/mol. The largest absolute Gasteiger partial charge is 0.240 e. The minimum Gasteiger partial charge on any atom is -0.207 e. The molecule has 1 N–H and O–H groups in total. The molecule has 4 nitrogen and oxygen atoms in total. The second-order valence-corrected chi connectivity index (χ2v) is 6.77. The van der Waals surface area contributed by atoms with E-state index in [9.17, 15) is 8.42 Å². The molecule has 19 heavy (non-hydrogen) atoms. The molecule has 0 spiro atoms. The van der Waals surface area contributed by atoms with E-state index in [4.69, 9.17) is 5.26 Å². The number of sulfonamides is 1. The molecule has 1 fully saturated rings. The number of nitriles is 1. The van der Waals surface area contributed by atoms with Gasteiger partial charge in [-0.25, -0.2) is 13.1 Å². The highest BCUT2D eigenvalue weighted by atomic mass is 32.2. The molecule has 0 heterocycles. The van der Waals surface area contributed by atoms with E-state index in [1.54, 1.807) is 24.3 Å². The fourth-order valence-corrected chi connectivity index (χ4v) is 3.72. The molecule has 0 aliphatic heterocycles. The van der Waals surface area contributed by atoms with Crippen molar-refractivity contribution in [3.63, 3.8) is 0 Å². The van der Waals surface area contributed by atoms with E-state index in [1.807, 2.05) is 6.92 Å². The molecule has 5 heteroatoms. The molecule has 1 saturated carbocycles. The van der Waals surface area contributed by atoms with Gasteiger partial charge in [-0.15, -0.1) is 0 Å². The summed E-state index contributed by atoms with van der Waals surface area (Å²) in [4.78, 5) is 0.264. The van der Waals surface area contributed by atoms with Gasteiger partial charge in [-0.2, -0.15) is 5.26 Å². The van der Waals surface area contributed by atoms with Gasteiger partial charge in [-0.1, -0.05) is 30.5 Å². The number of benzene rings is 1. The van der Waals surface area contributed by atoms with Gasteiger partial charge < -0.3 is 0 Å². The van der Waals surface area contributed by atoms with E-state index < -0.39 is 10.0 Å². The van der Waals surface area contributed by atoms with Crippen molar-refractivity contribution >= 4 is 10.0 Å². The minimum absolute atomic E-state index is 0.214. The van der Waals surface area contributed by atoms with Crippen molar-refractivity contribution in [2.45, 2.75) is 43.5 Å². The highest BCUT2D eigenvalue weighted by molar-refractivity contribution is 7.89. The van der Waals surface area contributed by atoms with Crippen LogP contribution in [0.5, 0.6) is 0 Å². The highest BCUT2D eigenvalue weighted by Gasteiger charge is 2.29. The zero-order valence-corrected chi connectivity index (χ0v) is 11.8. The lowest BCUT2D eigenvalue weighted by atomic mass is 9.86. The molecular weight excluding hydrogens is 260 g/mol. The van der Waals surface area contributed by atoms with Crippen LogP contribution < -0.4 is 4.72 Å². The maximum absolute atomic E-state index is 12.3. The third kappa shape index (κ3) is 3.34. The predicted molar refractivity (Wildman–Crippen MR) is 72.9 cm³/mol. The zero-order chi connectivity index (χ0) is 13.9. The van der Waals surface area contributed by atoms with Crippen molar-refractivity contribution in [2.75, 3.05) is 0 Å². The lowest BCUT2D eigenvalue weighted by Gasteiger charge is -2.27. The summed E-state index contributed by atoms with van der Waals surface area (Å²) in [7, 11) is -3.52. The molecule has 0 aromatic heterocycles. The van der Waals surface area contributed by atoms with Gasteiger partial charge in [0.25, 0.3) is 0 Å². The topological polar surface area (TPSA) is 70.0 Å². The Morgan fingerprint density at radius 3 is 2.47 bits per heavy atom. The average Bonchev–Trinajstić information content (AvgIpc) is 2.39. The first kappa shape index (κ1) is 14.0. The number of rotatable bonds is 3. The lowest BCUT2D eigenvalue weighted by molar-refractivity contribution is 0.346. The smallest absolute Gasteiger partial charge is 0.207 e. The van der Waals surface area contributed by atoms with Crippen LogP contribution in [-0.4, -0.2) is 14.5 Å². The van der Waals surface area contributed by atoms with Gasteiger partial charge in [0.2, 0.25) is 10.0 Å². The molecule has 1 aliphatic rings. The van der Waals surface area contributed by atoms with Crippen LogP contribution >= 0.6 is 0 Å². The number of nitrogens with zero attached hydrogens (tertiary/aromatic N) is 1. The van der Waals surface area contributed by atoms with Gasteiger partial charge in [0.05, 0.1) is 16.9 Å². The van der Waals surface area contributed by atoms with Crippen LogP contribution in [0.1, 0.15) is 31.2 Å². The molecule has 102 valence electrons. The number of nitrogens with one attached hydrogen (secondary N) is 1. The van der Waals surface area contributed by atoms with E-state index in [0.29, 0.717) is 0 Å². The fourth-order valence-electron chi connectivity index (χ4n) is 2.41. The summed E-state index contributed by atoms with van der Waals surface area (Å²) in [6, 6.07) is 8.70. The Bertz CT molecular complexity index is 572. The molecule has 0 saturated heterocycles. The maximum atomic E-state index is 12.3. The molecule has 1 aromatic carbocycles. The van der Waals surface area contributed by atoms with E-state index in [-0.39, 0.29) is 16.9 Å². The molecule has 0 radical (unpaired) electrons. The first-order valence-electron chi connectivity index (χ1n) is 6.51. The van der Waals surface area contributed by atoms with Gasteiger partial charge in [0.1, 0.15) is 0 Å². The summed E-state index contributed by atoms with van der Waals surface area (Å²) in [5.74, 6) is -0.214. The fraction of sp³-hybridized carbons (Fsp3) is 0.500. The van der Waals surface area contributed by atoms with Crippen molar-refractivity contribution in [3.05, 3.63) is 29.8 Å². The van der Waals surface area contributed by atoms with Crippen LogP contribution in [0.4, 0.5) is 0 Å².